The summed E-state index contributed by atoms with van der Waals surface area (Å²) in [5.74, 6) is -0.888. The Kier molecular flexibility index (Phi) is 4.40. The number of alkyl halides is 1. The van der Waals surface area contributed by atoms with E-state index < -0.39 is 5.97 Å². The van der Waals surface area contributed by atoms with E-state index in [2.05, 4.69) is 15.9 Å². The maximum atomic E-state index is 10.7. The average molecular weight is 255 g/mol. The third-order valence-corrected chi connectivity index (χ3v) is 2.18. The summed E-state index contributed by atoms with van der Waals surface area (Å²) in [6.07, 6.45) is 4.88. The van der Waals surface area contributed by atoms with Crippen molar-refractivity contribution in [2.24, 2.45) is 0 Å². The maximum absolute atomic E-state index is 10.7. The van der Waals surface area contributed by atoms with Crippen molar-refractivity contribution in [3.63, 3.8) is 0 Å². The molecule has 14 heavy (non-hydrogen) atoms. The zero-order chi connectivity index (χ0) is 10.4. The van der Waals surface area contributed by atoms with Gasteiger partial charge in [0.1, 0.15) is 0 Å². The molecule has 3 heteroatoms. The fourth-order valence-corrected chi connectivity index (χ4v) is 1.32. The Balaban J connectivity index is 2.78. The second-order valence-corrected chi connectivity index (χ2v) is 3.60. The summed E-state index contributed by atoms with van der Waals surface area (Å²) in [4.78, 5) is 10.7. The molecule has 0 saturated heterocycles. The summed E-state index contributed by atoms with van der Waals surface area (Å²) >= 11 is 3.32. The molecule has 1 aromatic rings. The molecule has 0 unspecified atom stereocenters. The quantitative estimate of drug-likeness (QED) is 0.839. The topological polar surface area (TPSA) is 37.3 Å². The SMILES string of the molecule is O=C(O)c1cccc(C=CCCBr)c1. The Morgan fingerprint density at radius 3 is 2.93 bits per heavy atom. The van der Waals surface area contributed by atoms with Crippen LogP contribution in [0.5, 0.6) is 0 Å². The molecule has 0 aliphatic heterocycles. The molecule has 1 rings (SSSR count). The number of allylic oxidation sites excluding steroid dienone is 1. The molecule has 0 saturated carbocycles. The minimum atomic E-state index is -0.888. The average Bonchev–Trinajstić information content (AvgIpc) is 2.19. The van der Waals surface area contributed by atoms with E-state index in [0.717, 1.165) is 17.3 Å². The summed E-state index contributed by atoms with van der Waals surface area (Å²) < 4.78 is 0. The van der Waals surface area contributed by atoms with Crippen molar-refractivity contribution in [2.45, 2.75) is 6.42 Å². The van der Waals surface area contributed by atoms with Crippen LogP contribution in [0.15, 0.2) is 30.3 Å². The number of carboxylic acid groups (broad SMARTS) is 1. The first-order chi connectivity index (χ1) is 6.74. The predicted molar refractivity (Wildman–Crippen MR) is 60.8 cm³/mol. The maximum Gasteiger partial charge on any atom is 0.335 e. The number of hydrogen-bond acceptors (Lipinski definition) is 1. The van der Waals surface area contributed by atoms with Gasteiger partial charge >= 0.3 is 5.97 Å². The summed E-state index contributed by atoms with van der Waals surface area (Å²) in [7, 11) is 0. The standard InChI is InChI=1S/C11H11BrO2/c12-7-2-1-4-9-5-3-6-10(8-9)11(13)14/h1,3-6,8H,2,7H2,(H,13,14). The molecule has 74 valence electrons. The normalized spacial score (nSPS) is 10.6. The van der Waals surface area contributed by atoms with Crippen molar-refractivity contribution in [2.75, 3.05) is 5.33 Å². The molecule has 1 aromatic carbocycles. The fraction of sp³-hybridized carbons (Fsp3) is 0.182. The minimum absolute atomic E-state index is 0.325. The molecule has 0 spiro atoms. The van der Waals surface area contributed by atoms with Crippen LogP contribution in [0.25, 0.3) is 6.08 Å². The van der Waals surface area contributed by atoms with Crippen molar-refractivity contribution >= 4 is 28.0 Å². The van der Waals surface area contributed by atoms with Gasteiger partial charge in [-0.2, -0.15) is 0 Å². The van der Waals surface area contributed by atoms with Gasteiger partial charge in [-0.05, 0) is 24.1 Å². The zero-order valence-electron chi connectivity index (χ0n) is 7.61. The molecule has 0 heterocycles. The van der Waals surface area contributed by atoms with Gasteiger partial charge in [-0.1, -0.05) is 40.2 Å². The summed E-state index contributed by atoms with van der Waals surface area (Å²) in [5, 5.41) is 9.67. The number of benzene rings is 1. The molecule has 0 atom stereocenters. The summed E-state index contributed by atoms with van der Waals surface area (Å²) in [6, 6.07) is 6.88. The van der Waals surface area contributed by atoms with Gasteiger partial charge in [0.15, 0.2) is 0 Å². The monoisotopic (exact) mass is 254 g/mol. The molecular weight excluding hydrogens is 244 g/mol. The second-order valence-electron chi connectivity index (χ2n) is 2.81. The van der Waals surface area contributed by atoms with Crippen molar-refractivity contribution in [3.05, 3.63) is 41.5 Å². The number of carboxylic acids is 1. The first kappa shape index (κ1) is 11.0. The molecule has 0 aromatic heterocycles. The van der Waals surface area contributed by atoms with Crippen LogP contribution in [0.3, 0.4) is 0 Å². The van der Waals surface area contributed by atoms with Gasteiger partial charge in [0.2, 0.25) is 0 Å². The molecule has 1 N–H and O–H groups in total. The van der Waals surface area contributed by atoms with E-state index in [1.54, 1.807) is 18.2 Å². The number of halogens is 1. The van der Waals surface area contributed by atoms with Crippen molar-refractivity contribution in [1.29, 1.82) is 0 Å². The van der Waals surface area contributed by atoms with Crippen LogP contribution in [0.2, 0.25) is 0 Å². The van der Waals surface area contributed by atoms with Crippen LogP contribution in [0, 0.1) is 0 Å². The highest BCUT2D eigenvalue weighted by molar-refractivity contribution is 9.09. The van der Waals surface area contributed by atoms with Gasteiger partial charge in [-0.15, -0.1) is 0 Å². The highest BCUT2D eigenvalue weighted by atomic mass is 79.9. The minimum Gasteiger partial charge on any atom is -0.478 e. The Hall–Kier alpha value is -1.09. The fourth-order valence-electron chi connectivity index (χ4n) is 1.06. The second kappa shape index (κ2) is 5.60. The van der Waals surface area contributed by atoms with E-state index in [9.17, 15) is 4.79 Å². The van der Waals surface area contributed by atoms with Crippen molar-refractivity contribution in [1.82, 2.24) is 0 Å². The number of hydrogen-bond donors (Lipinski definition) is 1. The highest BCUT2D eigenvalue weighted by Gasteiger charge is 2.00. The molecule has 2 nitrogen and oxygen atoms in total. The zero-order valence-corrected chi connectivity index (χ0v) is 9.20. The van der Waals surface area contributed by atoms with Crippen LogP contribution >= 0.6 is 15.9 Å². The van der Waals surface area contributed by atoms with E-state index in [-0.39, 0.29) is 0 Å². The molecule has 0 amide bonds. The lowest BCUT2D eigenvalue weighted by Crippen LogP contribution is -1.95. The highest BCUT2D eigenvalue weighted by Crippen LogP contribution is 2.07. The molecule has 0 aliphatic rings. The van der Waals surface area contributed by atoms with Crippen molar-refractivity contribution < 1.29 is 9.90 Å². The lowest BCUT2D eigenvalue weighted by molar-refractivity contribution is 0.0697. The first-order valence-electron chi connectivity index (χ1n) is 4.30. The molecule has 0 bridgehead atoms. The van der Waals surface area contributed by atoms with Crippen molar-refractivity contribution in [3.8, 4) is 0 Å². The lowest BCUT2D eigenvalue weighted by Gasteiger charge is -1.96. The van der Waals surface area contributed by atoms with Crippen LogP contribution < -0.4 is 0 Å². The van der Waals surface area contributed by atoms with E-state index in [1.165, 1.54) is 0 Å². The number of aromatic carboxylic acids is 1. The molecule has 0 aliphatic carbocycles. The van der Waals surface area contributed by atoms with Crippen LogP contribution in [0.4, 0.5) is 0 Å². The molecule has 0 fully saturated rings. The van der Waals surface area contributed by atoms with Crippen LogP contribution in [0.1, 0.15) is 22.3 Å². The van der Waals surface area contributed by atoms with E-state index >= 15 is 0 Å². The first-order valence-corrected chi connectivity index (χ1v) is 5.42. The number of carbonyl (C=O) groups is 1. The van der Waals surface area contributed by atoms with Gasteiger partial charge in [-0.25, -0.2) is 4.79 Å². The smallest absolute Gasteiger partial charge is 0.335 e. The number of rotatable bonds is 4. The summed E-state index contributed by atoms with van der Waals surface area (Å²) in [5.41, 5.74) is 1.25. The Bertz CT molecular complexity index is 345. The molecule has 0 radical (unpaired) electrons. The van der Waals surface area contributed by atoms with Gasteiger partial charge in [0.05, 0.1) is 5.56 Å². The third kappa shape index (κ3) is 3.34. The van der Waals surface area contributed by atoms with Gasteiger partial charge < -0.3 is 5.11 Å². The van der Waals surface area contributed by atoms with E-state index in [4.69, 9.17) is 5.11 Å². The van der Waals surface area contributed by atoms with E-state index in [0.29, 0.717) is 5.56 Å². The van der Waals surface area contributed by atoms with Crippen LogP contribution in [-0.4, -0.2) is 16.4 Å². The van der Waals surface area contributed by atoms with Crippen LogP contribution in [-0.2, 0) is 0 Å². The van der Waals surface area contributed by atoms with Gasteiger partial charge in [0, 0.05) is 5.33 Å². The van der Waals surface area contributed by atoms with Gasteiger partial charge in [0.25, 0.3) is 0 Å². The Morgan fingerprint density at radius 2 is 2.29 bits per heavy atom. The Labute approximate surface area is 91.4 Å². The summed E-state index contributed by atoms with van der Waals surface area (Å²) in [6.45, 7) is 0. The lowest BCUT2D eigenvalue weighted by atomic mass is 10.1. The third-order valence-electron chi connectivity index (χ3n) is 1.72. The Morgan fingerprint density at radius 1 is 1.50 bits per heavy atom. The van der Waals surface area contributed by atoms with Gasteiger partial charge in [-0.3, -0.25) is 0 Å². The molecular formula is C11H11BrO2. The largest absolute Gasteiger partial charge is 0.478 e. The van der Waals surface area contributed by atoms with E-state index in [1.807, 2.05) is 18.2 Å². The predicted octanol–water partition coefficient (Wildman–Crippen LogP) is 3.18.